The average molecular weight is 357 g/mol. The van der Waals surface area contributed by atoms with Gasteiger partial charge in [-0.15, -0.1) is 0 Å². The molecule has 6 heteroatoms. The number of hydrogen-bond acceptors (Lipinski definition) is 5. The van der Waals surface area contributed by atoms with E-state index in [0.717, 1.165) is 39.0 Å². The largest absolute Gasteiger partial charge is 0.390 e. The molecule has 0 radical (unpaired) electrons. The molecule has 3 heterocycles. The highest BCUT2D eigenvalue weighted by Crippen LogP contribution is 2.35. The van der Waals surface area contributed by atoms with Gasteiger partial charge in [-0.2, -0.15) is 5.10 Å². The van der Waals surface area contributed by atoms with Crippen molar-refractivity contribution in [3.8, 4) is 0 Å². The number of hydrogen-bond donors (Lipinski definition) is 2. The fraction of sp³-hybridized carbons (Fsp3) is 0.550. The second-order valence-corrected chi connectivity index (χ2v) is 7.64. The Morgan fingerprint density at radius 1 is 1.04 bits per heavy atom. The van der Waals surface area contributed by atoms with Gasteiger partial charge in [0.1, 0.15) is 6.10 Å². The van der Waals surface area contributed by atoms with Crippen molar-refractivity contribution in [3.05, 3.63) is 53.9 Å². The van der Waals surface area contributed by atoms with E-state index < -0.39 is 12.2 Å². The molecule has 0 aliphatic carbocycles. The average Bonchev–Trinajstić information content (AvgIpc) is 3.08. The van der Waals surface area contributed by atoms with E-state index in [2.05, 4.69) is 28.3 Å². The van der Waals surface area contributed by atoms with Crippen LogP contribution in [0.2, 0.25) is 0 Å². The lowest BCUT2D eigenvalue weighted by Gasteiger charge is -2.46. The van der Waals surface area contributed by atoms with Gasteiger partial charge in [0.15, 0.2) is 0 Å². The third kappa shape index (κ3) is 3.99. The molecule has 2 aromatic rings. The number of ether oxygens (including phenoxy) is 1. The Labute approximate surface area is 154 Å². The molecule has 0 bridgehead atoms. The normalized spacial score (nSPS) is 26.2. The lowest BCUT2D eigenvalue weighted by atomic mass is 9.82. The number of piperidine rings is 1. The first-order valence-electron chi connectivity index (χ1n) is 9.40. The van der Waals surface area contributed by atoms with Crippen LogP contribution in [0.4, 0.5) is 0 Å². The van der Waals surface area contributed by atoms with Gasteiger partial charge >= 0.3 is 0 Å². The number of aliphatic hydroxyl groups excluding tert-OH is 2. The maximum atomic E-state index is 9.97. The minimum Gasteiger partial charge on any atom is -0.390 e. The first kappa shape index (κ1) is 17.7. The summed E-state index contributed by atoms with van der Waals surface area (Å²) >= 11 is 0. The van der Waals surface area contributed by atoms with Gasteiger partial charge in [-0.3, -0.25) is 9.58 Å². The smallest absolute Gasteiger partial charge is 0.103 e. The highest BCUT2D eigenvalue weighted by atomic mass is 16.5. The van der Waals surface area contributed by atoms with Gasteiger partial charge in [0.05, 0.1) is 31.1 Å². The van der Waals surface area contributed by atoms with Crippen molar-refractivity contribution in [2.75, 3.05) is 19.7 Å². The maximum Gasteiger partial charge on any atom is 0.103 e. The van der Waals surface area contributed by atoms with Crippen molar-refractivity contribution in [2.24, 2.45) is 0 Å². The van der Waals surface area contributed by atoms with Crippen LogP contribution in [0, 0.1) is 0 Å². The van der Waals surface area contributed by atoms with Crippen molar-refractivity contribution in [3.63, 3.8) is 0 Å². The summed E-state index contributed by atoms with van der Waals surface area (Å²) in [5, 5.41) is 24.1. The summed E-state index contributed by atoms with van der Waals surface area (Å²) in [4.78, 5) is 2.41. The number of benzene rings is 1. The number of aliphatic hydroxyl groups is 2. The van der Waals surface area contributed by atoms with Crippen LogP contribution in [-0.2, 0) is 17.8 Å². The first-order valence-corrected chi connectivity index (χ1v) is 9.40. The van der Waals surface area contributed by atoms with Crippen LogP contribution in [0.3, 0.4) is 0 Å². The van der Waals surface area contributed by atoms with Gasteiger partial charge in [0, 0.05) is 37.8 Å². The predicted octanol–water partition coefficient (Wildman–Crippen LogP) is 1.41. The molecule has 1 aromatic carbocycles. The van der Waals surface area contributed by atoms with Crippen LogP contribution in [0.1, 0.15) is 30.4 Å². The summed E-state index contributed by atoms with van der Waals surface area (Å²) in [5.74, 6) is 0. The summed E-state index contributed by atoms with van der Waals surface area (Å²) in [6.45, 7) is 3.79. The fourth-order valence-electron chi connectivity index (χ4n) is 4.02. The van der Waals surface area contributed by atoms with E-state index in [1.54, 1.807) is 0 Å². The summed E-state index contributed by atoms with van der Waals surface area (Å²) in [6.07, 6.45) is 5.00. The fourth-order valence-corrected chi connectivity index (χ4v) is 4.02. The Morgan fingerprint density at radius 3 is 2.54 bits per heavy atom. The van der Waals surface area contributed by atoms with Crippen molar-refractivity contribution in [2.45, 2.75) is 50.2 Å². The zero-order valence-corrected chi connectivity index (χ0v) is 15.0. The van der Waals surface area contributed by atoms with Gasteiger partial charge in [0.2, 0.25) is 0 Å². The summed E-state index contributed by atoms with van der Waals surface area (Å²) in [6, 6.07) is 10.3. The molecule has 1 aromatic heterocycles. The molecule has 2 saturated heterocycles. The molecule has 1 spiro atoms. The number of nitrogens with zero attached hydrogens (tertiary/aromatic N) is 3. The Kier molecular flexibility index (Phi) is 5.09. The monoisotopic (exact) mass is 357 g/mol. The summed E-state index contributed by atoms with van der Waals surface area (Å²) in [7, 11) is 0. The van der Waals surface area contributed by atoms with E-state index in [4.69, 9.17) is 4.74 Å². The van der Waals surface area contributed by atoms with Gasteiger partial charge < -0.3 is 14.9 Å². The van der Waals surface area contributed by atoms with Crippen LogP contribution < -0.4 is 0 Å². The van der Waals surface area contributed by atoms with Crippen molar-refractivity contribution in [1.29, 1.82) is 0 Å². The van der Waals surface area contributed by atoms with Gasteiger partial charge in [-0.05, 0) is 18.4 Å². The second-order valence-electron chi connectivity index (χ2n) is 7.64. The molecule has 2 fully saturated rings. The van der Waals surface area contributed by atoms with Crippen LogP contribution in [0.15, 0.2) is 42.7 Å². The van der Waals surface area contributed by atoms with E-state index in [-0.39, 0.29) is 12.2 Å². The molecule has 6 nitrogen and oxygen atoms in total. The second kappa shape index (κ2) is 7.48. The van der Waals surface area contributed by atoms with Crippen LogP contribution in [-0.4, -0.2) is 62.4 Å². The van der Waals surface area contributed by atoms with E-state index >= 15 is 0 Å². The molecule has 2 aliphatic heterocycles. The molecule has 140 valence electrons. The molecule has 26 heavy (non-hydrogen) atoms. The van der Waals surface area contributed by atoms with Crippen molar-refractivity contribution in [1.82, 2.24) is 14.7 Å². The zero-order valence-electron chi connectivity index (χ0n) is 15.0. The number of likely N-dealkylation sites (tertiary alicyclic amines) is 1. The standard InChI is InChI=1S/C20H27N3O3/c24-18-10-20(26-15-19(18)25)6-8-22(9-7-20)12-17-11-21-23(14-17)13-16-4-2-1-3-5-16/h1-5,11,14,18-19,24-25H,6-10,12-13,15H2/t18-,19+/m1/s1. The Bertz CT molecular complexity index is 710. The zero-order chi connectivity index (χ0) is 18.0. The van der Waals surface area contributed by atoms with E-state index in [0.29, 0.717) is 6.42 Å². The van der Waals surface area contributed by atoms with E-state index in [1.807, 2.05) is 29.1 Å². The molecule has 0 amide bonds. The first-order chi connectivity index (χ1) is 12.6. The van der Waals surface area contributed by atoms with Crippen molar-refractivity contribution >= 4 is 0 Å². The van der Waals surface area contributed by atoms with Crippen LogP contribution in [0.5, 0.6) is 0 Å². The Hall–Kier alpha value is -1.73. The topological polar surface area (TPSA) is 70.8 Å². The Morgan fingerprint density at radius 2 is 1.81 bits per heavy atom. The number of rotatable bonds is 4. The molecular formula is C20H27N3O3. The third-order valence-corrected chi connectivity index (χ3v) is 5.63. The quantitative estimate of drug-likeness (QED) is 0.866. The van der Waals surface area contributed by atoms with Gasteiger partial charge in [0.25, 0.3) is 0 Å². The minimum atomic E-state index is -0.742. The lowest BCUT2D eigenvalue weighted by molar-refractivity contribution is -0.188. The van der Waals surface area contributed by atoms with Crippen LogP contribution in [0.25, 0.3) is 0 Å². The van der Waals surface area contributed by atoms with Crippen LogP contribution >= 0.6 is 0 Å². The SMILES string of the molecule is O[C@@H]1CC2(CCN(Cc3cnn(Cc4ccccc4)c3)CC2)OC[C@@H]1O. The van der Waals surface area contributed by atoms with E-state index in [9.17, 15) is 10.2 Å². The predicted molar refractivity (Wildman–Crippen MR) is 97.6 cm³/mol. The molecule has 0 saturated carbocycles. The molecule has 2 N–H and O–H groups in total. The van der Waals surface area contributed by atoms with Crippen molar-refractivity contribution < 1.29 is 14.9 Å². The number of aromatic nitrogens is 2. The third-order valence-electron chi connectivity index (χ3n) is 5.63. The summed E-state index contributed by atoms with van der Waals surface area (Å²) in [5.41, 5.74) is 2.21. The minimum absolute atomic E-state index is 0.243. The molecule has 2 atom stereocenters. The van der Waals surface area contributed by atoms with E-state index in [1.165, 1.54) is 11.1 Å². The molecule has 2 aliphatic rings. The highest BCUT2D eigenvalue weighted by molar-refractivity contribution is 5.15. The highest BCUT2D eigenvalue weighted by Gasteiger charge is 2.42. The summed E-state index contributed by atoms with van der Waals surface area (Å²) < 4.78 is 7.89. The van der Waals surface area contributed by atoms with Gasteiger partial charge in [-0.1, -0.05) is 30.3 Å². The molecule has 0 unspecified atom stereocenters. The van der Waals surface area contributed by atoms with Gasteiger partial charge in [-0.25, -0.2) is 0 Å². The molecular weight excluding hydrogens is 330 g/mol. The molecule has 4 rings (SSSR count). The Balaban J connectivity index is 1.30. The lowest BCUT2D eigenvalue weighted by Crippen LogP contribution is -2.54. The maximum absolute atomic E-state index is 9.97.